The Hall–Kier alpha value is -4.80. The Kier molecular flexibility index (Phi) is 9.79. The minimum absolute atomic E-state index is 0.0608. The molecule has 47 heavy (non-hydrogen) atoms. The third kappa shape index (κ3) is 8.52. The fraction of sp³-hybridized carbons (Fsp3) is 0.351. The fourth-order valence-electron chi connectivity index (χ4n) is 5.64. The normalized spacial score (nSPS) is 17.7. The predicted octanol–water partition coefficient (Wildman–Crippen LogP) is 7.05. The molecule has 2 atom stereocenters. The molecule has 0 aromatic heterocycles. The summed E-state index contributed by atoms with van der Waals surface area (Å²) in [4.78, 5) is 30.4. The number of benzene rings is 4. The lowest BCUT2D eigenvalue weighted by atomic mass is 9.87. The van der Waals surface area contributed by atoms with Gasteiger partial charge >= 0.3 is 12.1 Å². The molecule has 2 aliphatic rings. The van der Waals surface area contributed by atoms with Crippen LogP contribution in [0.25, 0.3) is 10.8 Å². The third-order valence-corrected chi connectivity index (χ3v) is 7.89. The molecule has 6 rings (SSSR count). The number of hydroxylamine groups is 2. The maximum Gasteiger partial charge on any atom is 0.528 e. The molecular weight excluding hydrogens is 602 g/mol. The van der Waals surface area contributed by atoms with Gasteiger partial charge in [-0.15, -0.1) is 5.06 Å². The van der Waals surface area contributed by atoms with Gasteiger partial charge in [0, 0.05) is 12.5 Å². The van der Waals surface area contributed by atoms with E-state index in [0.29, 0.717) is 48.9 Å². The number of hydrogen-bond donors (Lipinski definition) is 0. The fourth-order valence-corrected chi connectivity index (χ4v) is 5.64. The first-order valence-electron chi connectivity index (χ1n) is 15.7. The van der Waals surface area contributed by atoms with Crippen LogP contribution in [-0.4, -0.2) is 62.0 Å². The van der Waals surface area contributed by atoms with Crippen LogP contribution < -0.4 is 14.2 Å². The van der Waals surface area contributed by atoms with Crippen LogP contribution in [0.15, 0.2) is 84.9 Å². The summed E-state index contributed by atoms with van der Waals surface area (Å²) in [6.07, 6.45) is -0.270. The van der Waals surface area contributed by atoms with Crippen molar-refractivity contribution in [2.75, 3.05) is 33.1 Å². The number of carbonyl (C=O) groups excluding carboxylic acids is 2. The molecule has 0 amide bonds. The van der Waals surface area contributed by atoms with Crippen molar-refractivity contribution in [3.05, 3.63) is 102 Å². The molecule has 2 unspecified atom stereocenters. The van der Waals surface area contributed by atoms with Crippen LogP contribution in [0.2, 0.25) is 0 Å². The molecule has 2 heterocycles. The second-order valence-corrected chi connectivity index (χ2v) is 12.5. The van der Waals surface area contributed by atoms with Gasteiger partial charge in [0.2, 0.25) is 6.79 Å². The Morgan fingerprint density at radius 2 is 1.66 bits per heavy atom. The van der Waals surface area contributed by atoms with Crippen molar-refractivity contribution < 1.29 is 42.8 Å². The van der Waals surface area contributed by atoms with Gasteiger partial charge in [-0.25, -0.2) is 9.59 Å². The molecule has 0 spiro atoms. The lowest BCUT2D eigenvalue weighted by Gasteiger charge is -2.37. The highest BCUT2D eigenvalue weighted by Crippen LogP contribution is 2.34. The van der Waals surface area contributed by atoms with Crippen molar-refractivity contribution in [3.63, 3.8) is 0 Å². The van der Waals surface area contributed by atoms with Crippen LogP contribution in [0.1, 0.15) is 54.6 Å². The molecule has 0 radical (unpaired) electrons. The second-order valence-electron chi connectivity index (χ2n) is 12.5. The summed E-state index contributed by atoms with van der Waals surface area (Å²) in [5.74, 6) is 1.39. The van der Waals surface area contributed by atoms with Gasteiger partial charge in [-0.3, -0.25) is 0 Å². The molecule has 1 saturated heterocycles. The van der Waals surface area contributed by atoms with Gasteiger partial charge in [0.25, 0.3) is 0 Å². The van der Waals surface area contributed by atoms with Gasteiger partial charge in [-0.2, -0.15) is 0 Å². The van der Waals surface area contributed by atoms with Gasteiger partial charge < -0.3 is 33.3 Å². The molecule has 2 aliphatic heterocycles. The molecule has 4 aromatic rings. The van der Waals surface area contributed by atoms with Crippen LogP contribution in [0.3, 0.4) is 0 Å². The van der Waals surface area contributed by atoms with E-state index < -0.39 is 17.7 Å². The van der Waals surface area contributed by atoms with Crippen LogP contribution >= 0.6 is 0 Å². The second kappa shape index (κ2) is 14.3. The zero-order valence-electron chi connectivity index (χ0n) is 26.8. The molecule has 1 fully saturated rings. The van der Waals surface area contributed by atoms with E-state index in [0.717, 1.165) is 16.5 Å². The lowest BCUT2D eigenvalue weighted by molar-refractivity contribution is -0.179. The number of fused-ring (bicyclic) bond motifs is 2. The van der Waals surface area contributed by atoms with E-state index in [9.17, 15) is 9.59 Å². The van der Waals surface area contributed by atoms with Gasteiger partial charge in [-0.05, 0) is 85.5 Å². The maximum absolute atomic E-state index is 12.4. The quantitative estimate of drug-likeness (QED) is 0.132. The first kappa shape index (κ1) is 32.2. The zero-order valence-corrected chi connectivity index (χ0v) is 26.8. The molecule has 4 aromatic carbocycles. The molecule has 10 heteroatoms. The molecule has 10 nitrogen and oxygen atoms in total. The molecule has 246 valence electrons. The van der Waals surface area contributed by atoms with Crippen molar-refractivity contribution in [1.82, 2.24) is 5.06 Å². The van der Waals surface area contributed by atoms with Gasteiger partial charge in [0.1, 0.15) is 24.6 Å². The molecule has 0 saturated carbocycles. The Morgan fingerprint density at radius 1 is 0.872 bits per heavy atom. The van der Waals surface area contributed by atoms with Crippen molar-refractivity contribution in [2.24, 2.45) is 0 Å². The van der Waals surface area contributed by atoms with Crippen molar-refractivity contribution >= 4 is 22.9 Å². The SMILES string of the molecule is CC(C)(C)OC(=O)ON1CCC(c2ccc(OCCOC(=O)c3ccc4c(c3)OCO4)cc2)C(OCc2ccc3ccccc3c2)C1. The monoisotopic (exact) mass is 641 g/mol. The molecule has 0 bridgehead atoms. The number of esters is 1. The largest absolute Gasteiger partial charge is 0.528 e. The number of hydrogen-bond acceptors (Lipinski definition) is 10. The van der Waals surface area contributed by atoms with Gasteiger partial charge in [-0.1, -0.05) is 48.5 Å². The van der Waals surface area contributed by atoms with Crippen LogP contribution in [-0.2, 0) is 25.7 Å². The Morgan fingerprint density at radius 3 is 2.47 bits per heavy atom. The van der Waals surface area contributed by atoms with Gasteiger partial charge in [0.15, 0.2) is 11.5 Å². The average Bonchev–Trinajstić information content (AvgIpc) is 3.53. The Bertz CT molecular complexity index is 1700. The van der Waals surface area contributed by atoms with E-state index in [1.54, 1.807) is 44.0 Å². The van der Waals surface area contributed by atoms with E-state index in [-0.39, 0.29) is 32.0 Å². The highest BCUT2D eigenvalue weighted by Gasteiger charge is 2.34. The van der Waals surface area contributed by atoms with E-state index >= 15 is 0 Å². The van der Waals surface area contributed by atoms with Crippen molar-refractivity contribution in [3.8, 4) is 17.2 Å². The average molecular weight is 642 g/mol. The van der Waals surface area contributed by atoms with E-state index in [1.165, 1.54) is 5.39 Å². The molecular formula is C37H39NO9. The summed E-state index contributed by atoms with van der Waals surface area (Å²) in [5, 5.41) is 3.95. The van der Waals surface area contributed by atoms with Gasteiger partial charge in [0.05, 0.1) is 24.8 Å². The minimum atomic E-state index is -0.729. The number of carbonyl (C=O) groups is 2. The lowest BCUT2D eigenvalue weighted by Crippen LogP contribution is -2.45. The van der Waals surface area contributed by atoms with Crippen molar-refractivity contribution in [1.29, 1.82) is 0 Å². The zero-order chi connectivity index (χ0) is 32.8. The topological polar surface area (TPSA) is 102 Å². The maximum atomic E-state index is 12.4. The standard InChI is InChI=1S/C37H39NO9/c1-37(2,3)46-36(40)47-38-17-16-31(34(22-38)43-23-25-8-9-26-6-4-5-7-28(26)20-25)27-10-13-30(14-11-27)41-18-19-42-35(39)29-12-15-32-33(21-29)45-24-44-32/h4-15,20-21,31,34H,16-19,22-24H2,1-3H3. The Labute approximate surface area is 274 Å². The highest BCUT2D eigenvalue weighted by atomic mass is 16.8. The molecule has 0 N–H and O–H groups in total. The van der Waals surface area contributed by atoms with E-state index in [2.05, 4.69) is 30.3 Å². The smallest absolute Gasteiger partial charge is 0.490 e. The third-order valence-electron chi connectivity index (χ3n) is 7.89. The van der Waals surface area contributed by atoms with E-state index in [1.807, 2.05) is 36.4 Å². The first-order valence-corrected chi connectivity index (χ1v) is 15.7. The van der Waals surface area contributed by atoms with Crippen LogP contribution in [0, 0.1) is 0 Å². The Balaban J connectivity index is 1.05. The summed E-state index contributed by atoms with van der Waals surface area (Å²) in [7, 11) is 0. The number of nitrogens with zero attached hydrogens (tertiary/aromatic N) is 1. The summed E-state index contributed by atoms with van der Waals surface area (Å²) in [5.41, 5.74) is 1.89. The minimum Gasteiger partial charge on any atom is -0.490 e. The first-order chi connectivity index (χ1) is 22.7. The summed E-state index contributed by atoms with van der Waals surface area (Å²) in [6.45, 7) is 7.19. The summed E-state index contributed by atoms with van der Waals surface area (Å²) in [6, 6.07) is 27.3. The molecule has 0 aliphatic carbocycles. The van der Waals surface area contributed by atoms with Crippen LogP contribution in [0.5, 0.6) is 17.2 Å². The number of rotatable bonds is 10. The highest BCUT2D eigenvalue weighted by molar-refractivity contribution is 5.90. The van der Waals surface area contributed by atoms with Crippen molar-refractivity contribution in [2.45, 2.75) is 51.4 Å². The predicted molar refractivity (Wildman–Crippen MR) is 174 cm³/mol. The number of piperidine rings is 1. The van der Waals surface area contributed by atoms with E-state index in [4.69, 9.17) is 33.3 Å². The summed E-state index contributed by atoms with van der Waals surface area (Å²) >= 11 is 0. The van der Waals surface area contributed by atoms with Crippen LogP contribution in [0.4, 0.5) is 4.79 Å². The summed E-state index contributed by atoms with van der Waals surface area (Å²) < 4.78 is 33.7. The number of ether oxygens (including phenoxy) is 6.